The zero-order valence-electron chi connectivity index (χ0n) is 8.06. The molecule has 0 aliphatic heterocycles. The van der Waals surface area contributed by atoms with Crippen LogP contribution >= 0.6 is 11.3 Å². The van der Waals surface area contributed by atoms with Crippen molar-refractivity contribution < 1.29 is 0 Å². The first kappa shape index (κ1) is 9.29. The standard InChI is InChI=1S/C8H11N5S/c1-6-11-12-8(14-6)13-4-7(3-9-2)10-5-13/h4-5,9H,3H2,1-2H3. The van der Waals surface area contributed by atoms with Gasteiger partial charge in [0.15, 0.2) is 0 Å². The average molecular weight is 209 g/mol. The van der Waals surface area contributed by atoms with Crippen LogP contribution in [0.4, 0.5) is 0 Å². The van der Waals surface area contributed by atoms with E-state index in [2.05, 4.69) is 20.5 Å². The summed E-state index contributed by atoms with van der Waals surface area (Å²) in [5.74, 6) is 0. The van der Waals surface area contributed by atoms with Gasteiger partial charge in [-0.05, 0) is 14.0 Å². The van der Waals surface area contributed by atoms with Crippen LogP contribution in [-0.4, -0.2) is 26.8 Å². The summed E-state index contributed by atoms with van der Waals surface area (Å²) in [7, 11) is 1.90. The van der Waals surface area contributed by atoms with Crippen LogP contribution in [0.2, 0.25) is 0 Å². The number of aromatic nitrogens is 4. The van der Waals surface area contributed by atoms with Crippen LogP contribution in [0.1, 0.15) is 10.7 Å². The largest absolute Gasteiger partial charge is 0.314 e. The maximum Gasteiger partial charge on any atom is 0.217 e. The van der Waals surface area contributed by atoms with Gasteiger partial charge < -0.3 is 5.32 Å². The molecule has 0 fully saturated rings. The number of hydrogen-bond donors (Lipinski definition) is 1. The number of imidazole rings is 1. The van der Waals surface area contributed by atoms with Gasteiger partial charge >= 0.3 is 0 Å². The lowest BCUT2D eigenvalue weighted by molar-refractivity contribution is 0.796. The first-order chi connectivity index (χ1) is 6.79. The molecule has 5 nitrogen and oxygen atoms in total. The normalized spacial score (nSPS) is 10.7. The van der Waals surface area contributed by atoms with Crippen molar-refractivity contribution in [3.05, 3.63) is 23.2 Å². The summed E-state index contributed by atoms with van der Waals surface area (Å²) in [5, 5.41) is 12.8. The Balaban J connectivity index is 2.24. The summed E-state index contributed by atoms with van der Waals surface area (Å²) in [6, 6.07) is 0. The lowest BCUT2D eigenvalue weighted by Crippen LogP contribution is -2.04. The minimum absolute atomic E-state index is 0.769. The molecule has 1 N–H and O–H groups in total. The summed E-state index contributed by atoms with van der Waals surface area (Å²) in [5.41, 5.74) is 1.00. The number of aryl methyl sites for hydroxylation is 1. The lowest BCUT2D eigenvalue weighted by atomic mass is 10.5. The highest BCUT2D eigenvalue weighted by atomic mass is 32.1. The first-order valence-corrected chi connectivity index (χ1v) is 5.09. The predicted octanol–water partition coefficient (Wildman–Crippen LogP) is 0.752. The van der Waals surface area contributed by atoms with Crippen LogP contribution in [-0.2, 0) is 6.54 Å². The molecule has 2 aromatic heterocycles. The number of hydrogen-bond acceptors (Lipinski definition) is 5. The number of nitrogens with zero attached hydrogens (tertiary/aromatic N) is 4. The summed E-state index contributed by atoms with van der Waals surface area (Å²) in [6.45, 7) is 2.71. The molecule has 0 aromatic carbocycles. The molecule has 0 unspecified atom stereocenters. The maximum atomic E-state index is 4.23. The Morgan fingerprint density at radius 1 is 1.50 bits per heavy atom. The van der Waals surface area contributed by atoms with Crippen LogP contribution in [0.3, 0.4) is 0 Å². The zero-order chi connectivity index (χ0) is 9.97. The van der Waals surface area contributed by atoms with Gasteiger partial charge in [-0.2, -0.15) is 0 Å². The van der Waals surface area contributed by atoms with E-state index in [1.807, 2.05) is 24.7 Å². The van der Waals surface area contributed by atoms with E-state index in [0.29, 0.717) is 0 Å². The second kappa shape index (κ2) is 3.85. The van der Waals surface area contributed by atoms with Gasteiger partial charge in [-0.3, -0.25) is 4.57 Å². The molecule has 14 heavy (non-hydrogen) atoms. The van der Waals surface area contributed by atoms with E-state index in [9.17, 15) is 0 Å². The van der Waals surface area contributed by atoms with Crippen molar-refractivity contribution >= 4 is 11.3 Å². The highest BCUT2D eigenvalue weighted by molar-refractivity contribution is 7.13. The first-order valence-electron chi connectivity index (χ1n) is 4.27. The molecule has 0 bridgehead atoms. The molecule has 2 rings (SSSR count). The van der Waals surface area contributed by atoms with Gasteiger partial charge in [0.2, 0.25) is 5.13 Å². The molecular formula is C8H11N5S. The molecule has 6 heteroatoms. The molecular weight excluding hydrogens is 198 g/mol. The Morgan fingerprint density at radius 3 is 3.00 bits per heavy atom. The minimum Gasteiger partial charge on any atom is -0.314 e. The molecule has 0 atom stereocenters. The monoisotopic (exact) mass is 209 g/mol. The van der Waals surface area contributed by atoms with Crippen LogP contribution in [0.25, 0.3) is 5.13 Å². The SMILES string of the molecule is CNCc1cn(-c2nnc(C)s2)cn1. The van der Waals surface area contributed by atoms with Crippen molar-refractivity contribution in [3.8, 4) is 5.13 Å². The zero-order valence-corrected chi connectivity index (χ0v) is 8.88. The maximum absolute atomic E-state index is 4.23. The topological polar surface area (TPSA) is 55.6 Å². The second-order valence-corrected chi connectivity index (χ2v) is 4.07. The average Bonchev–Trinajstić information content (AvgIpc) is 2.74. The lowest BCUT2D eigenvalue weighted by Gasteiger charge is -1.92. The quantitative estimate of drug-likeness (QED) is 0.810. The fourth-order valence-electron chi connectivity index (χ4n) is 1.13. The molecule has 74 valence electrons. The Hall–Kier alpha value is -1.27. The van der Waals surface area contributed by atoms with E-state index >= 15 is 0 Å². The van der Waals surface area contributed by atoms with Crippen LogP contribution < -0.4 is 5.32 Å². The minimum atomic E-state index is 0.769. The van der Waals surface area contributed by atoms with Crippen LogP contribution in [0.5, 0.6) is 0 Å². The Bertz CT molecular complexity index is 419. The van der Waals surface area contributed by atoms with E-state index in [1.54, 1.807) is 17.7 Å². The van der Waals surface area contributed by atoms with Gasteiger partial charge in [-0.25, -0.2) is 4.98 Å². The molecule has 0 amide bonds. The Morgan fingerprint density at radius 2 is 2.36 bits per heavy atom. The van der Waals surface area contributed by atoms with Gasteiger partial charge in [0, 0.05) is 12.7 Å². The summed E-state index contributed by atoms with van der Waals surface area (Å²) in [6.07, 6.45) is 3.71. The Labute approximate surface area is 85.8 Å². The molecule has 0 radical (unpaired) electrons. The van der Waals surface area contributed by atoms with E-state index in [-0.39, 0.29) is 0 Å². The third-order valence-corrected chi connectivity index (χ3v) is 2.58. The van der Waals surface area contributed by atoms with Gasteiger partial charge in [0.05, 0.1) is 5.69 Å². The number of nitrogens with one attached hydrogen (secondary N) is 1. The highest BCUT2D eigenvalue weighted by Gasteiger charge is 2.04. The summed E-state index contributed by atoms with van der Waals surface area (Å²) in [4.78, 5) is 4.23. The van der Waals surface area contributed by atoms with Gasteiger partial charge in [-0.1, -0.05) is 11.3 Å². The van der Waals surface area contributed by atoms with E-state index < -0.39 is 0 Å². The molecule has 0 aliphatic rings. The molecule has 0 aliphatic carbocycles. The van der Waals surface area contributed by atoms with Crippen molar-refractivity contribution in [2.24, 2.45) is 0 Å². The van der Waals surface area contributed by atoms with Crippen LogP contribution in [0.15, 0.2) is 12.5 Å². The van der Waals surface area contributed by atoms with Gasteiger partial charge in [0.25, 0.3) is 0 Å². The molecule has 0 saturated carbocycles. The number of rotatable bonds is 3. The van der Waals surface area contributed by atoms with Crippen molar-refractivity contribution in [1.29, 1.82) is 0 Å². The molecule has 2 aromatic rings. The third kappa shape index (κ3) is 1.80. The smallest absolute Gasteiger partial charge is 0.217 e. The Kier molecular flexibility index (Phi) is 2.55. The molecule has 0 spiro atoms. The highest BCUT2D eigenvalue weighted by Crippen LogP contribution is 2.13. The fourth-order valence-corrected chi connectivity index (χ4v) is 1.76. The second-order valence-electron chi connectivity index (χ2n) is 2.91. The summed E-state index contributed by atoms with van der Waals surface area (Å²) < 4.78 is 1.89. The fraction of sp³-hybridized carbons (Fsp3) is 0.375. The van der Waals surface area contributed by atoms with E-state index in [0.717, 1.165) is 22.4 Å². The van der Waals surface area contributed by atoms with Gasteiger partial charge in [0.1, 0.15) is 11.3 Å². The third-order valence-electron chi connectivity index (χ3n) is 1.73. The predicted molar refractivity (Wildman–Crippen MR) is 54.5 cm³/mol. The van der Waals surface area contributed by atoms with Crippen molar-refractivity contribution in [2.75, 3.05) is 7.05 Å². The van der Waals surface area contributed by atoms with Crippen molar-refractivity contribution in [2.45, 2.75) is 13.5 Å². The summed E-state index contributed by atoms with van der Waals surface area (Å²) >= 11 is 1.55. The van der Waals surface area contributed by atoms with Crippen LogP contribution in [0, 0.1) is 6.92 Å². The van der Waals surface area contributed by atoms with E-state index in [4.69, 9.17) is 0 Å². The van der Waals surface area contributed by atoms with Crippen molar-refractivity contribution in [1.82, 2.24) is 25.1 Å². The molecule has 0 saturated heterocycles. The van der Waals surface area contributed by atoms with E-state index in [1.165, 1.54) is 0 Å². The van der Waals surface area contributed by atoms with Gasteiger partial charge in [-0.15, -0.1) is 10.2 Å². The van der Waals surface area contributed by atoms with Crippen molar-refractivity contribution in [3.63, 3.8) is 0 Å². The molecule has 2 heterocycles.